The number of carbonyl (C=O) groups is 1. The number of anilines is 2. The predicted octanol–water partition coefficient (Wildman–Crippen LogP) is 3.54. The van der Waals surface area contributed by atoms with Crippen molar-refractivity contribution in [3.05, 3.63) is 51.7 Å². The van der Waals surface area contributed by atoms with E-state index in [1.165, 1.54) is 12.8 Å². The Morgan fingerprint density at radius 1 is 1.14 bits per heavy atom. The lowest BCUT2D eigenvalue weighted by Gasteiger charge is -2.20. The minimum absolute atomic E-state index is 0.0894. The molecule has 1 amide bonds. The summed E-state index contributed by atoms with van der Waals surface area (Å²) in [7, 11) is 0. The Hall–Kier alpha value is -1.63. The Bertz CT molecular complexity index is 653. The van der Waals surface area contributed by atoms with Crippen LogP contribution in [-0.4, -0.2) is 24.0 Å². The van der Waals surface area contributed by atoms with E-state index in [0.717, 1.165) is 28.2 Å². The van der Waals surface area contributed by atoms with Gasteiger partial charge in [0, 0.05) is 22.9 Å². The first-order chi connectivity index (χ1) is 10.3. The van der Waals surface area contributed by atoms with Crippen LogP contribution in [-0.2, 0) is 0 Å². The minimum Gasteiger partial charge on any atom is -0.355 e. The molecule has 1 aromatic carbocycles. The zero-order valence-electron chi connectivity index (χ0n) is 11.6. The van der Waals surface area contributed by atoms with Gasteiger partial charge in [-0.3, -0.25) is 4.79 Å². The molecule has 1 saturated heterocycles. The molecule has 0 unspecified atom stereocenters. The molecule has 0 radical (unpaired) electrons. The van der Waals surface area contributed by atoms with Gasteiger partial charge in [0.05, 0.1) is 11.3 Å². The molecule has 1 fully saturated rings. The second kappa shape index (κ2) is 6.43. The molecule has 1 N–H and O–H groups in total. The molecule has 0 atom stereocenters. The highest BCUT2D eigenvalue weighted by atomic mass is 127. The van der Waals surface area contributed by atoms with Gasteiger partial charge in [0.15, 0.2) is 5.82 Å². The smallest absolute Gasteiger partial charge is 0.256 e. The van der Waals surface area contributed by atoms with Gasteiger partial charge in [0.1, 0.15) is 0 Å². The molecule has 0 bridgehead atoms. The maximum atomic E-state index is 12.4. The van der Waals surface area contributed by atoms with E-state index in [0.29, 0.717) is 5.56 Å². The number of pyridine rings is 1. The number of aromatic nitrogens is 1. The molecule has 2 aromatic rings. The number of amides is 1. The maximum absolute atomic E-state index is 12.4. The molecule has 4 nitrogen and oxygen atoms in total. The third kappa shape index (κ3) is 3.18. The van der Waals surface area contributed by atoms with Gasteiger partial charge in [-0.1, -0.05) is 12.1 Å². The highest BCUT2D eigenvalue weighted by molar-refractivity contribution is 14.1. The van der Waals surface area contributed by atoms with Crippen LogP contribution in [0.15, 0.2) is 42.6 Å². The first kappa shape index (κ1) is 14.3. The summed E-state index contributed by atoms with van der Waals surface area (Å²) < 4.78 is 0.944. The Labute approximate surface area is 137 Å². The number of nitrogens with one attached hydrogen (secondary N) is 1. The Kier molecular flexibility index (Phi) is 4.38. The third-order valence-electron chi connectivity index (χ3n) is 3.56. The number of hydrogen-bond acceptors (Lipinski definition) is 3. The van der Waals surface area contributed by atoms with Gasteiger partial charge in [0.25, 0.3) is 5.91 Å². The van der Waals surface area contributed by atoms with E-state index < -0.39 is 0 Å². The standard InChI is InChI=1S/C16H16IN3O/c17-13-7-2-1-6-12(13)16(21)19-14-8-5-9-18-15(14)20-10-3-4-11-20/h1-2,5-9H,3-4,10-11H2,(H,19,21). The summed E-state index contributed by atoms with van der Waals surface area (Å²) in [5.74, 6) is 0.780. The van der Waals surface area contributed by atoms with Crippen LogP contribution < -0.4 is 10.2 Å². The van der Waals surface area contributed by atoms with Gasteiger partial charge in [-0.2, -0.15) is 0 Å². The molecule has 1 aromatic heterocycles. The number of nitrogens with zero attached hydrogens (tertiary/aromatic N) is 2. The van der Waals surface area contributed by atoms with Crippen LogP contribution >= 0.6 is 22.6 Å². The topological polar surface area (TPSA) is 45.2 Å². The second-order valence-corrected chi connectivity index (χ2v) is 6.16. The SMILES string of the molecule is O=C(Nc1cccnc1N1CCCC1)c1ccccc1I. The van der Waals surface area contributed by atoms with Gasteiger partial charge >= 0.3 is 0 Å². The van der Waals surface area contributed by atoms with Crippen LogP contribution in [0.2, 0.25) is 0 Å². The van der Waals surface area contributed by atoms with E-state index in [-0.39, 0.29) is 5.91 Å². The fraction of sp³-hybridized carbons (Fsp3) is 0.250. The highest BCUT2D eigenvalue weighted by Gasteiger charge is 2.18. The number of halogens is 1. The van der Waals surface area contributed by atoms with Crippen molar-refractivity contribution in [2.45, 2.75) is 12.8 Å². The van der Waals surface area contributed by atoms with Gasteiger partial charge in [-0.25, -0.2) is 4.98 Å². The van der Waals surface area contributed by atoms with Gasteiger partial charge in [-0.05, 0) is 59.7 Å². The fourth-order valence-corrected chi connectivity index (χ4v) is 3.14. The summed E-state index contributed by atoms with van der Waals surface area (Å²) in [4.78, 5) is 19.1. The maximum Gasteiger partial charge on any atom is 0.256 e. The molecule has 3 rings (SSSR count). The van der Waals surface area contributed by atoms with Gasteiger partial charge in [0.2, 0.25) is 0 Å². The summed E-state index contributed by atoms with van der Waals surface area (Å²) in [6.07, 6.45) is 4.14. The molecule has 21 heavy (non-hydrogen) atoms. The lowest BCUT2D eigenvalue weighted by Crippen LogP contribution is -2.22. The molecule has 0 saturated carbocycles. The Morgan fingerprint density at radius 3 is 2.67 bits per heavy atom. The van der Waals surface area contributed by atoms with Crippen molar-refractivity contribution in [1.29, 1.82) is 0 Å². The quantitative estimate of drug-likeness (QED) is 0.812. The minimum atomic E-state index is -0.0894. The molecule has 1 aliphatic rings. The Balaban J connectivity index is 1.85. The van der Waals surface area contributed by atoms with Crippen molar-refractivity contribution in [3.63, 3.8) is 0 Å². The molecule has 5 heteroatoms. The molecule has 0 aliphatic carbocycles. The lowest BCUT2D eigenvalue weighted by atomic mass is 10.2. The fourth-order valence-electron chi connectivity index (χ4n) is 2.51. The van der Waals surface area contributed by atoms with E-state index in [1.54, 1.807) is 6.20 Å². The Morgan fingerprint density at radius 2 is 1.90 bits per heavy atom. The van der Waals surface area contributed by atoms with Gasteiger partial charge < -0.3 is 10.2 Å². The molecular formula is C16H16IN3O. The second-order valence-electron chi connectivity index (χ2n) is 5.00. The van der Waals surface area contributed by atoms with Crippen LogP contribution in [0.3, 0.4) is 0 Å². The summed E-state index contributed by atoms with van der Waals surface area (Å²) in [6, 6.07) is 11.3. The van der Waals surface area contributed by atoms with E-state index in [1.807, 2.05) is 36.4 Å². The average molecular weight is 393 g/mol. The third-order valence-corrected chi connectivity index (χ3v) is 4.50. The number of benzene rings is 1. The lowest BCUT2D eigenvalue weighted by molar-refractivity contribution is 0.102. The van der Waals surface area contributed by atoms with E-state index in [9.17, 15) is 4.79 Å². The van der Waals surface area contributed by atoms with Crippen LogP contribution in [0.25, 0.3) is 0 Å². The number of carbonyl (C=O) groups excluding carboxylic acids is 1. The van der Waals surface area contributed by atoms with E-state index >= 15 is 0 Å². The molecule has 0 spiro atoms. The first-order valence-corrected chi connectivity index (χ1v) is 8.09. The zero-order valence-corrected chi connectivity index (χ0v) is 13.7. The summed E-state index contributed by atoms with van der Waals surface area (Å²) in [6.45, 7) is 2.01. The molecule has 108 valence electrons. The normalized spacial score (nSPS) is 14.2. The van der Waals surface area contributed by atoms with Crippen molar-refractivity contribution >= 4 is 40.0 Å². The molecule has 1 aliphatic heterocycles. The highest BCUT2D eigenvalue weighted by Crippen LogP contribution is 2.26. The van der Waals surface area contributed by atoms with Crippen LogP contribution in [0.4, 0.5) is 11.5 Å². The predicted molar refractivity (Wildman–Crippen MR) is 92.8 cm³/mol. The van der Waals surface area contributed by atoms with Crippen molar-refractivity contribution in [2.24, 2.45) is 0 Å². The van der Waals surface area contributed by atoms with Crippen LogP contribution in [0.1, 0.15) is 23.2 Å². The summed E-state index contributed by atoms with van der Waals surface area (Å²) in [5.41, 5.74) is 1.47. The van der Waals surface area contributed by atoms with Crippen LogP contribution in [0, 0.1) is 3.57 Å². The summed E-state index contributed by atoms with van der Waals surface area (Å²) >= 11 is 2.18. The van der Waals surface area contributed by atoms with Crippen molar-refractivity contribution in [2.75, 3.05) is 23.3 Å². The largest absolute Gasteiger partial charge is 0.355 e. The zero-order chi connectivity index (χ0) is 14.7. The molecular weight excluding hydrogens is 377 g/mol. The van der Waals surface area contributed by atoms with Crippen molar-refractivity contribution in [3.8, 4) is 0 Å². The van der Waals surface area contributed by atoms with Crippen molar-refractivity contribution in [1.82, 2.24) is 4.98 Å². The monoisotopic (exact) mass is 393 g/mol. The number of hydrogen-bond donors (Lipinski definition) is 1. The van der Waals surface area contributed by atoms with Gasteiger partial charge in [-0.15, -0.1) is 0 Å². The summed E-state index contributed by atoms with van der Waals surface area (Å²) in [5, 5.41) is 3.00. The average Bonchev–Trinajstić information content (AvgIpc) is 3.02. The van der Waals surface area contributed by atoms with Crippen LogP contribution in [0.5, 0.6) is 0 Å². The van der Waals surface area contributed by atoms with E-state index in [2.05, 4.69) is 37.8 Å². The van der Waals surface area contributed by atoms with Crippen molar-refractivity contribution < 1.29 is 4.79 Å². The first-order valence-electron chi connectivity index (χ1n) is 7.01. The molecule has 2 heterocycles. The number of rotatable bonds is 3. The van der Waals surface area contributed by atoms with E-state index in [4.69, 9.17) is 0 Å².